The molecule has 2 heterocycles. The Labute approximate surface area is 123 Å². The maximum absolute atomic E-state index is 11.9. The van der Waals surface area contributed by atoms with Gasteiger partial charge in [-0.1, -0.05) is 0 Å². The second-order valence-electron chi connectivity index (χ2n) is 5.20. The SMILES string of the molecule is Cc1nc(CN(C)CC(=O)NC2CCS(=O)(=O)C2)cs1. The predicted octanol–water partition coefficient (Wildman–Crippen LogP) is 0.187. The summed E-state index contributed by atoms with van der Waals surface area (Å²) < 4.78 is 22.6. The molecule has 1 N–H and O–H groups in total. The van der Waals surface area contributed by atoms with Crippen LogP contribution in [0.4, 0.5) is 0 Å². The molecule has 8 heteroatoms. The summed E-state index contributed by atoms with van der Waals surface area (Å²) >= 11 is 1.59. The molecule has 112 valence electrons. The molecule has 6 nitrogen and oxygen atoms in total. The lowest BCUT2D eigenvalue weighted by Crippen LogP contribution is -2.41. The highest BCUT2D eigenvalue weighted by atomic mass is 32.2. The second-order valence-corrected chi connectivity index (χ2v) is 8.49. The number of amides is 1. The van der Waals surface area contributed by atoms with Gasteiger partial charge in [-0.05, 0) is 20.4 Å². The van der Waals surface area contributed by atoms with E-state index in [2.05, 4.69) is 10.3 Å². The molecule has 1 fully saturated rings. The second kappa shape index (κ2) is 6.19. The first-order chi connectivity index (χ1) is 9.34. The first-order valence-electron chi connectivity index (χ1n) is 6.43. The quantitative estimate of drug-likeness (QED) is 0.838. The number of thiazole rings is 1. The maximum Gasteiger partial charge on any atom is 0.234 e. The number of nitrogens with zero attached hydrogens (tertiary/aromatic N) is 2. The van der Waals surface area contributed by atoms with Gasteiger partial charge in [-0.2, -0.15) is 0 Å². The summed E-state index contributed by atoms with van der Waals surface area (Å²) in [6.45, 7) is 2.80. The standard InChI is InChI=1S/C12H19N3O3S2/c1-9-13-11(7-19-9)5-15(2)6-12(16)14-10-3-4-20(17,18)8-10/h7,10H,3-6,8H2,1-2H3,(H,14,16). The molecule has 0 radical (unpaired) electrons. The van der Waals surface area contributed by atoms with Gasteiger partial charge in [0.2, 0.25) is 5.91 Å². The Kier molecular flexibility index (Phi) is 4.77. The first-order valence-corrected chi connectivity index (χ1v) is 9.13. The van der Waals surface area contributed by atoms with Gasteiger partial charge in [0, 0.05) is 18.0 Å². The van der Waals surface area contributed by atoms with Crippen molar-refractivity contribution < 1.29 is 13.2 Å². The van der Waals surface area contributed by atoms with Crippen molar-refractivity contribution >= 4 is 27.1 Å². The van der Waals surface area contributed by atoms with Gasteiger partial charge in [0.25, 0.3) is 0 Å². The van der Waals surface area contributed by atoms with E-state index in [0.717, 1.165) is 10.7 Å². The van der Waals surface area contributed by atoms with Crippen LogP contribution in [0.3, 0.4) is 0 Å². The van der Waals surface area contributed by atoms with E-state index in [9.17, 15) is 13.2 Å². The molecule has 2 rings (SSSR count). The fourth-order valence-corrected chi connectivity index (χ4v) is 4.52. The fraction of sp³-hybridized carbons (Fsp3) is 0.667. The van der Waals surface area contributed by atoms with Crippen LogP contribution in [0.5, 0.6) is 0 Å². The summed E-state index contributed by atoms with van der Waals surface area (Å²) in [5, 5.41) is 5.77. The van der Waals surface area contributed by atoms with Crippen molar-refractivity contribution in [1.29, 1.82) is 0 Å². The Bertz CT molecular complexity index is 583. The summed E-state index contributed by atoms with van der Waals surface area (Å²) in [5.74, 6) is 0.0983. The number of nitrogens with one attached hydrogen (secondary N) is 1. The number of carbonyl (C=O) groups excluding carboxylic acids is 1. The van der Waals surface area contributed by atoms with Gasteiger partial charge in [-0.15, -0.1) is 11.3 Å². The van der Waals surface area contributed by atoms with Gasteiger partial charge in [0.1, 0.15) is 0 Å². The van der Waals surface area contributed by atoms with Crippen LogP contribution < -0.4 is 5.32 Å². The zero-order chi connectivity index (χ0) is 14.8. The number of carbonyl (C=O) groups is 1. The zero-order valence-corrected chi connectivity index (χ0v) is 13.3. The zero-order valence-electron chi connectivity index (χ0n) is 11.6. The molecule has 0 saturated carbocycles. The third kappa shape index (κ3) is 4.53. The summed E-state index contributed by atoms with van der Waals surface area (Å²) in [4.78, 5) is 18.1. The lowest BCUT2D eigenvalue weighted by molar-refractivity contribution is -0.122. The number of hydrogen-bond donors (Lipinski definition) is 1. The summed E-state index contributed by atoms with van der Waals surface area (Å²) in [5.41, 5.74) is 0.950. The van der Waals surface area contributed by atoms with E-state index >= 15 is 0 Å². The Morgan fingerprint density at radius 2 is 2.35 bits per heavy atom. The van der Waals surface area contributed by atoms with Crippen LogP contribution in [-0.2, 0) is 21.2 Å². The molecular weight excluding hydrogens is 298 g/mol. The minimum atomic E-state index is -2.95. The molecule has 1 unspecified atom stereocenters. The molecule has 1 atom stereocenters. The Balaban J connectivity index is 1.77. The average Bonchev–Trinajstić information content (AvgIpc) is 2.84. The normalized spacial score (nSPS) is 21.2. The van der Waals surface area contributed by atoms with Crippen molar-refractivity contribution in [3.05, 3.63) is 16.1 Å². The molecule has 0 aliphatic carbocycles. The molecule has 1 aromatic rings. The van der Waals surface area contributed by atoms with E-state index < -0.39 is 9.84 Å². The molecule has 1 aliphatic rings. The van der Waals surface area contributed by atoms with E-state index in [-0.39, 0.29) is 30.0 Å². The lowest BCUT2D eigenvalue weighted by Gasteiger charge is -2.17. The van der Waals surface area contributed by atoms with Crippen molar-refractivity contribution in [3.8, 4) is 0 Å². The van der Waals surface area contributed by atoms with Gasteiger partial charge in [0.05, 0.1) is 28.8 Å². The van der Waals surface area contributed by atoms with E-state index in [1.165, 1.54) is 0 Å². The van der Waals surface area contributed by atoms with Crippen LogP contribution >= 0.6 is 11.3 Å². The molecule has 0 spiro atoms. The maximum atomic E-state index is 11.9. The molecule has 20 heavy (non-hydrogen) atoms. The van der Waals surface area contributed by atoms with Gasteiger partial charge in [-0.3, -0.25) is 9.69 Å². The monoisotopic (exact) mass is 317 g/mol. The largest absolute Gasteiger partial charge is 0.351 e. The number of sulfone groups is 1. The molecule has 1 amide bonds. The van der Waals surface area contributed by atoms with Crippen molar-refractivity contribution in [2.45, 2.75) is 25.9 Å². The highest BCUT2D eigenvalue weighted by Crippen LogP contribution is 2.12. The van der Waals surface area contributed by atoms with Gasteiger partial charge >= 0.3 is 0 Å². The molecule has 1 aromatic heterocycles. The van der Waals surface area contributed by atoms with Crippen LogP contribution in [0.2, 0.25) is 0 Å². The summed E-state index contributed by atoms with van der Waals surface area (Å²) in [6, 6.07) is -0.234. The average molecular weight is 317 g/mol. The van der Waals surface area contributed by atoms with Gasteiger partial charge < -0.3 is 5.32 Å². The molecular formula is C12H19N3O3S2. The third-order valence-corrected chi connectivity index (χ3v) is 5.70. The number of rotatable bonds is 5. The molecule has 0 aromatic carbocycles. The predicted molar refractivity (Wildman–Crippen MR) is 78.4 cm³/mol. The topological polar surface area (TPSA) is 79.4 Å². The lowest BCUT2D eigenvalue weighted by atomic mass is 10.2. The smallest absolute Gasteiger partial charge is 0.234 e. The highest BCUT2D eigenvalue weighted by molar-refractivity contribution is 7.91. The Morgan fingerprint density at radius 3 is 2.90 bits per heavy atom. The van der Waals surface area contributed by atoms with E-state index in [1.54, 1.807) is 11.3 Å². The number of hydrogen-bond acceptors (Lipinski definition) is 6. The highest BCUT2D eigenvalue weighted by Gasteiger charge is 2.28. The van der Waals surface area contributed by atoms with Gasteiger partial charge in [0.15, 0.2) is 9.84 Å². The minimum Gasteiger partial charge on any atom is -0.351 e. The molecule has 1 aliphatic heterocycles. The van der Waals surface area contributed by atoms with Crippen LogP contribution in [0.25, 0.3) is 0 Å². The first kappa shape index (κ1) is 15.4. The minimum absolute atomic E-state index is 0.0632. The van der Waals surface area contributed by atoms with Crippen molar-refractivity contribution in [3.63, 3.8) is 0 Å². The molecule has 1 saturated heterocycles. The van der Waals surface area contributed by atoms with Crippen molar-refractivity contribution in [2.24, 2.45) is 0 Å². The van der Waals surface area contributed by atoms with E-state index in [1.807, 2.05) is 24.3 Å². The third-order valence-electron chi connectivity index (χ3n) is 3.11. The van der Waals surface area contributed by atoms with Crippen molar-refractivity contribution in [2.75, 3.05) is 25.1 Å². The van der Waals surface area contributed by atoms with Gasteiger partial charge in [-0.25, -0.2) is 13.4 Å². The van der Waals surface area contributed by atoms with Crippen LogP contribution in [0, 0.1) is 6.92 Å². The number of aryl methyl sites for hydroxylation is 1. The van der Waals surface area contributed by atoms with Crippen LogP contribution in [0.1, 0.15) is 17.1 Å². The molecule has 0 bridgehead atoms. The van der Waals surface area contributed by atoms with E-state index in [4.69, 9.17) is 0 Å². The van der Waals surface area contributed by atoms with Crippen LogP contribution in [-0.4, -0.2) is 55.3 Å². The summed E-state index contributed by atoms with van der Waals surface area (Å²) in [6.07, 6.45) is 0.517. The summed E-state index contributed by atoms with van der Waals surface area (Å²) in [7, 11) is -1.11. The van der Waals surface area contributed by atoms with Crippen molar-refractivity contribution in [1.82, 2.24) is 15.2 Å². The Morgan fingerprint density at radius 1 is 1.60 bits per heavy atom. The van der Waals surface area contributed by atoms with Crippen LogP contribution in [0.15, 0.2) is 5.38 Å². The number of aromatic nitrogens is 1. The van der Waals surface area contributed by atoms with E-state index in [0.29, 0.717) is 13.0 Å². The Hall–Kier alpha value is -0.990. The fourth-order valence-electron chi connectivity index (χ4n) is 2.24. The number of likely N-dealkylation sites (N-methyl/N-ethyl adjacent to an activating group) is 1.